The molecule has 0 saturated carbocycles. The summed E-state index contributed by atoms with van der Waals surface area (Å²) in [6, 6.07) is 14.6. The molecule has 0 saturated heterocycles. The molecule has 0 aliphatic heterocycles. The molecule has 11 heteroatoms. The molecule has 0 atom stereocenters. The Hall–Kier alpha value is -3.96. The minimum atomic E-state index is -1.13. The van der Waals surface area contributed by atoms with E-state index < -0.39 is 11.6 Å². The Morgan fingerprint density at radius 3 is 2.80 bits per heavy atom. The first-order valence-corrected chi connectivity index (χ1v) is 11.7. The molecule has 3 heterocycles. The summed E-state index contributed by atoms with van der Waals surface area (Å²) < 4.78 is 37.4. The Kier molecular flexibility index (Phi) is 6.34. The fourth-order valence-electron chi connectivity index (χ4n) is 3.66. The Bertz CT molecular complexity index is 1470. The van der Waals surface area contributed by atoms with Crippen molar-refractivity contribution in [1.29, 1.82) is 0 Å². The minimum Gasteiger partial charge on any atom is -0.490 e. The van der Waals surface area contributed by atoms with Crippen molar-refractivity contribution in [3.05, 3.63) is 66.4 Å². The first kappa shape index (κ1) is 22.8. The van der Waals surface area contributed by atoms with Crippen molar-refractivity contribution in [1.82, 2.24) is 30.5 Å². The number of aromatic nitrogens is 5. The van der Waals surface area contributed by atoms with Gasteiger partial charge in [-0.15, -0.1) is 16.4 Å². The molecule has 0 unspecified atom stereocenters. The standard InChI is InChI=1S/C24H21F2N7OS/c1-28-9-4-10-34-18-8-7-17(21(25)22(18)26)33-24(30-31-32-33)16-11-15(13-29-23(16)27)20-12-14-5-2-3-6-19(14)35-20/h2-3,5-8,11-13,28H,4,9-10H2,1H3,(H2,27,29). The minimum absolute atomic E-state index is 0.138. The van der Waals surface area contributed by atoms with Gasteiger partial charge in [0, 0.05) is 21.3 Å². The van der Waals surface area contributed by atoms with E-state index in [1.165, 1.54) is 12.1 Å². The molecule has 3 N–H and O–H groups in total. The van der Waals surface area contributed by atoms with Gasteiger partial charge in [0.05, 0.1) is 12.2 Å². The van der Waals surface area contributed by atoms with E-state index >= 15 is 4.39 Å². The van der Waals surface area contributed by atoms with Gasteiger partial charge >= 0.3 is 0 Å². The summed E-state index contributed by atoms with van der Waals surface area (Å²) in [5.41, 5.74) is 7.18. The first-order chi connectivity index (χ1) is 17.1. The number of hydrogen-bond acceptors (Lipinski definition) is 8. The number of thiophene rings is 1. The van der Waals surface area contributed by atoms with E-state index in [2.05, 4.69) is 31.9 Å². The van der Waals surface area contributed by atoms with Crippen molar-refractivity contribution in [3.63, 3.8) is 0 Å². The molecule has 35 heavy (non-hydrogen) atoms. The quantitative estimate of drug-likeness (QED) is 0.308. The molecule has 3 aromatic heterocycles. The molecule has 0 fully saturated rings. The largest absolute Gasteiger partial charge is 0.490 e. The number of benzene rings is 2. The maximum atomic E-state index is 15.0. The van der Waals surface area contributed by atoms with E-state index in [1.54, 1.807) is 30.6 Å². The third kappa shape index (κ3) is 4.43. The molecule has 8 nitrogen and oxygen atoms in total. The number of anilines is 1. The monoisotopic (exact) mass is 493 g/mol. The van der Waals surface area contributed by atoms with Crippen LogP contribution >= 0.6 is 11.3 Å². The van der Waals surface area contributed by atoms with Gasteiger partial charge in [-0.3, -0.25) is 0 Å². The Balaban J connectivity index is 1.51. The topological polar surface area (TPSA) is 104 Å². The van der Waals surface area contributed by atoms with E-state index in [4.69, 9.17) is 10.5 Å². The van der Waals surface area contributed by atoms with Crippen LogP contribution in [0.3, 0.4) is 0 Å². The first-order valence-electron chi connectivity index (χ1n) is 10.9. The van der Waals surface area contributed by atoms with Gasteiger partial charge in [-0.1, -0.05) is 18.2 Å². The number of pyridine rings is 1. The molecule has 0 spiro atoms. The second-order valence-electron chi connectivity index (χ2n) is 7.74. The van der Waals surface area contributed by atoms with E-state index in [-0.39, 0.29) is 29.7 Å². The van der Waals surface area contributed by atoms with Crippen molar-refractivity contribution >= 4 is 27.2 Å². The molecule has 5 rings (SSSR count). The van der Waals surface area contributed by atoms with Crippen LogP contribution in [0.1, 0.15) is 6.42 Å². The van der Waals surface area contributed by atoms with Crippen molar-refractivity contribution in [2.45, 2.75) is 6.42 Å². The normalized spacial score (nSPS) is 11.3. The van der Waals surface area contributed by atoms with Crippen LogP contribution in [0.4, 0.5) is 14.6 Å². The second kappa shape index (κ2) is 9.72. The van der Waals surface area contributed by atoms with Gasteiger partial charge in [0.1, 0.15) is 11.5 Å². The third-order valence-corrected chi connectivity index (χ3v) is 6.59. The van der Waals surface area contributed by atoms with Crippen LogP contribution in [0.2, 0.25) is 0 Å². The number of ether oxygens (including phenoxy) is 1. The molecule has 2 aromatic carbocycles. The van der Waals surface area contributed by atoms with E-state index in [9.17, 15) is 4.39 Å². The summed E-state index contributed by atoms with van der Waals surface area (Å²) in [7, 11) is 1.80. The van der Waals surface area contributed by atoms with Crippen LogP contribution in [0.15, 0.2) is 54.7 Å². The number of nitrogens with one attached hydrogen (secondary N) is 1. The second-order valence-corrected chi connectivity index (χ2v) is 8.82. The highest BCUT2D eigenvalue weighted by molar-refractivity contribution is 7.22. The summed E-state index contributed by atoms with van der Waals surface area (Å²) >= 11 is 1.61. The Morgan fingerprint density at radius 1 is 1.11 bits per heavy atom. The zero-order chi connectivity index (χ0) is 24.4. The maximum absolute atomic E-state index is 15.0. The Labute approximate surface area is 203 Å². The third-order valence-electron chi connectivity index (χ3n) is 5.42. The van der Waals surface area contributed by atoms with Crippen molar-refractivity contribution in [3.8, 4) is 33.3 Å². The molecule has 0 bridgehead atoms. The summed E-state index contributed by atoms with van der Waals surface area (Å²) in [6.45, 7) is 0.950. The average Bonchev–Trinajstić information content (AvgIpc) is 3.52. The molecule has 0 amide bonds. The highest BCUT2D eigenvalue weighted by Crippen LogP contribution is 2.36. The number of tetrazole rings is 1. The fourth-order valence-corrected chi connectivity index (χ4v) is 4.70. The van der Waals surface area contributed by atoms with Crippen molar-refractivity contribution in [2.75, 3.05) is 25.9 Å². The van der Waals surface area contributed by atoms with E-state index in [1.807, 2.05) is 24.3 Å². The highest BCUT2D eigenvalue weighted by atomic mass is 32.1. The lowest BCUT2D eigenvalue weighted by atomic mass is 10.1. The van der Waals surface area contributed by atoms with Gasteiger partial charge in [0.25, 0.3) is 0 Å². The van der Waals surface area contributed by atoms with Crippen molar-refractivity contribution < 1.29 is 13.5 Å². The smallest absolute Gasteiger partial charge is 0.202 e. The van der Waals surface area contributed by atoms with Gasteiger partial charge in [0.15, 0.2) is 17.4 Å². The fraction of sp³-hybridized carbons (Fsp3) is 0.167. The highest BCUT2D eigenvalue weighted by Gasteiger charge is 2.22. The Morgan fingerprint density at radius 2 is 1.97 bits per heavy atom. The average molecular weight is 494 g/mol. The SMILES string of the molecule is CNCCCOc1ccc(-n2nnnc2-c2cc(-c3cc4ccccc4s3)cnc2N)c(F)c1F. The number of fused-ring (bicyclic) bond motifs is 1. The summed E-state index contributed by atoms with van der Waals surface area (Å²) in [5, 5.41) is 15.7. The predicted molar refractivity (Wildman–Crippen MR) is 132 cm³/mol. The zero-order valence-corrected chi connectivity index (χ0v) is 19.5. The van der Waals surface area contributed by atoms with Crippen molar-refractivity contribution in [2.24, 2.45) is 0 Å². The molecule has 0 aliphatic carbocycles. The van der Waals surface area contributed by atoms with Crippen LogP contribution in [0.25, 0.3) is 37.6 Å². The number of nitrogens with two attached hydrogens (primary N) is 1. The number of rotatable bonds is 8. The van der Waals surface area contributed by atoms with Gasteiger partial charge in [-0.25, -0.2) is 9.37 Å². The van der Waals surface area contributed by atoms with Crippen LogP contribution in [-0.4, -0.2) is 45.4 Å². The van der Waals surface area contributed by atoms with E-state index in [0.29, 0.717) is 18.5 Å². The molecule has 0 radical (unpaired) electrons. The van der Waals surface area contributed by atoms with Crippen LogP contribution in [0.5, 0.6) is 5.75 Å². The number of nitrogens with zero attached hydrogens (tertiary/aromatic N) is 5. The molecule has 5 aromatic rings. The number of halogens is 2. The van der Waals surface area contributed by atoms with Gasteiger partial charge < -0.3 is 15.8 Å². The summed E-state index contributed by atoms with van der Waals surface area (Å²) in [5.74, 6) is -2.12. The van der Waals surface area contributed by atoms with Crippen LogP contribution in [-0.2, 0) is 0 Å². The number of nitrogen functional groups attached to an aromatic ring is 1. The van der Waals surface area contributed by atoms with Gasteiger partial charge in [0.2, 0.25) is 5.82 Å². The van der Waals surface area contributed by atoms with Gasteiger partial charge in [-0.2, -0.15) is 9.07 Å². The molecular formula is C24H21F2N7OS. The van der Waals surface area contributed by atoms with Crippen LogP contribution in [0, 0.1) is 11.6 Å². The molecule has 178 valence electrons. The zero-order valence-electron chi connectivity index (χ0n) is 18.7. The molecular weight excluding hydrogens is 472 g/mol. The maximum Gasteiger partial charge on any atom is 0.202 e. The lowest BCUT2D eigenvalue weighted by molar-refractivity contribution is 0.289. The van der Waals surface area contributed by atoms with Gasteiger partial charge in [-0.05, 0) is 66.2 Å². The number of hydrogen-bond donors (Lipinski definition) is 2. The summed E-state index contributed by atoms with van der Waals surface area (Å²) in [4.78, 5) is 5.28. The lowest BCUT2D eigenvalue weighted by Gasteiger charge is -2.12. The molecule has 0 aliphatic rings. The van der Waals surface area contributed by atoms with Crippen LogP contribution < -0.4 is 15.8 Å². The van der Waals surface area contributed by atoms with E-state index in [0.717, 1.165) is 25.2 Å². The summed E-state index contributed by atoms with van der Waals surface area (Å²) in [6.07, 6.45) is 2.32. The predicted octanol–water partition coefficient (Wildman–Crippen LogP) is 4.45. The lowest BCUT2D eigenvalue weighted by Crippen LogP contribution is -2.12.